The van der Waals surface area contributed by atoms with Crippen molar-refractivity contribution in [3.8, 4) is 11.1 Å². The summed E-state index contributed by atoms with van der Waals surface area (Å²) in [4.78, 5) is 1.26. The number of thiophene rings is 1. The van der Waals surface area contributed by atoms with Gasteiger partial charge in [-0.2, -0.15) is 0 Å². The summed E-state index contributed by atoms with van der Waals surface area (Å²) in [6, 6.07) is 42.0. The SMILES string of the molecule is Cc1sc([PH](c2ccccc2)(c2ccccc2)c2ccccc2)cc1-c1ccc(F)cc1. The zero-order chi connectivity index (χ0) is 22.0. The Hall–Kier alpha value is -3.06. The van der Waals surface area contributed by atoms with Crippen LogP contribution in [0.3, 0.4) is 0 Å². The number of halogens is 1. The van der Waals surface area contributed by atoms with Gasteiger partial charge in [0.1, 0.15) is 0 Å². The standard InChI is InChI=1S/C29H24FPS/c1-22-28(23-17-19-24(30)20-18-23)21-29(32-22)31(25-11-5-2-6-12-25,26-13-7-3-8-14-26)27-15-9-4-10-16-27/h2-21,31H,1H3. The zero-order valence-electron chi connectivity index (χ0n) is 17.8. The van der Waals surface area contributed by atoms with Crippen molar-refractivity contribution in [3.05, 3.63) is 132 Å². The molecule has 0 atom stereocenters. The van der Waals surface area contributed by atoms with E-state index in [9.17, 15) is 4.39 Å². The van der Waals surface area contributed by atoms with Gasteiger partial charge in [-0.05, 0) is 0 Å². The van der Waals surface area contributed by atoms with E-state index in [1.54, 1.807) is 12.1 Å². The van der Waals surface area contributed by atoms with E-state index in [-0.39, 0.29) is 5.82 Å². The quantitative estimate of drug-likeness (QED) is 0.277. The van der Waals surface area contributed by atoms with E-state index in [4.69, 9.17) is 0 Å². The molecule has 4 aromatic carbocycles. The molecule has 1 heterocycles. The number of hydrogen-bond acceptors (Lipinski definition) is 1. The molecule has 0 saturated carbocycles. The van der Waals surface area contributed by atoms with Crippen LogP contribution in [0, 0.1) is 12.7 Å². The van der Waals surface area contributed by atoms with Crippen molar-refractivity contribution in [3.63, 3.8) is 0 Å². The van der Waals surface area contributed by atoms with E-state index in [1.807, 2.05) is 23.5 Å². The topological polar surface area (TPSA) is 0 Å². The van der Waals surface area contributed by atoms with Crippen LogP contribution in [0.2, 0.25) is 0 Å². The van der Waals surface area contributed by atoms with Crippen molar-refractivity contribution >= 4 is 39.1 Å². The third-order valence-electron chi connectivity index (χ3n) is 6.06. The summed E-state index contributed by atoms with van der Waals surface area (Å²) < 4.78 is 15.0. The van der Waals surface area contributed by atoms with Crippen LogP contribution >= 0.6 is 18.6 Å². The van der Waals surface area contributed by atoms with Gasteiger partial charge in [0.2, 0.25) is 0 Å². The van der Waals surface area contributed by atoms with Gasteiger partial charge in [0.15, 0.2) is 0 Å². The third kappa shape index (κ3) is 3.60. The Morgan fingerprint density at radius 2 is 1.03 bits per heavy atom. The van der Waals surface area contributed by atoms with Crippen LogP contribution in [-0.2, 0) is 0 Å². The Balaban J connectivity index is 1.84. The van der Waals surface area contributed by atoms with Gasteiger partial charge in [-0.15, -0.1) is 0 Å². The minimum atomic E-state index is -2.51. The first-order chi connectivity index (χ1) is 15.7. The van der Waals surface area contributed by atoms with E-state index in [0.717, 1.165) is 5.56 Å². The van der Waals surface area contributed by atoms with Gasteiger partial charge in [-0.3, -0.25) is 0 Å². The monoisotopic (exact) mass is 454 g/mol. The molecule has 0 spiro atoms. The van der Waals surface area contributed by atoms with Gasteiger partial charge in [-0.1, -0.05) is 0 Å². The number of aryl methyl sites for hydroxylation is 1. The molecule has 0 fully saturated rings. The molecule has 1 aromatic heterocycles. The van der Waals surface area contributed by atoms with E-state index in [0.29, 0.717) is 0 Å². The first-order valence-corrected chi connectivity index (χ1v) is 13.5. The Bertz CT molecular complexity index is 1210. The molecule has 0 aliphatic rings. The van der Waals surface area contributed by atoms with Crippen LogP contribution in [0.25, 0.3) is 11.1 Å². The summed E-state index contributed by atoms with van der Waals surface area (Å²) in [5, 5.41) is 4.10. The van der Waals surface area contributed by atoms with Crippen LogP contribution in [-0.4, -0.2) is 0 Å². The normalized spacial score (nSPS) is 11.9. The Kier molecular flexibility index (Phi) is 5.74. The molecule has 0 aliphatic carbocycles. The van der Waals surface area contributed by atoms with Crippen molar-refractivity contribution in [1.82, 2.24) is 0 Å². The van der Waals surface area contributed by atoms with Crippen LogP contribution < -0.4 is 20.5 Å². The van der Waals surface area contributed by atoms with Crippen molar-refractivity contribution in [2.75, 3.05) is 0 Å². The van der Waals surface area contributed by atoms with Crippen molar-refractivity contribution < 1.29 is 4.39 Å². The van der Waals surface area contributed by atoms with Gasteiger partial charge >= 0.3 is 194 Å². The average molecular weight is 455 g/mol. The Labute approximate surface area is 193 Å². The van der Waals surface area contributed by atoms with Crippen molar-refractivity contribution in [2.24, 2.45) is 0 Å². The molecule has 0 unspecified atom stereocenters. The summed E-state index contributed by atoms with van der Waals surface area (Å²) in [6.45, 7) is 2.17. The molecule has 0 saturated heterocycles. The second-order valence-corrected chi connectivity index (χ2v) is 13.3. The predicted octanol–water partition coefficient (Wildman–Crippen LogP) is 6.21. The molecule has 0 aliphatic heterocycles. The number of benzene rings is 4. The van der Waals surface area contributed by atoms with Crippen molar-refractivity contribution in [1.29, 1.82) is 0 Å². The fourth-order valence-electron chi connectivity index (χ4n) is 4.57. The van der Waals surface area contributed by atoms with E-state index >= 15 is 0 Å². The molecular formula is C29H24FPS. The first kappa shape index (κ1) is 20.8. The number of rotatable bonds is 5. The van der Waals surface area contributed by atoms with Crippen LogP contribution in [0.15, 0.2) is 121 Å². The average Bonchev–Trinajstić information content (AvgIpc) is 3.24. The van der Waals surface area contributed by atoms with Crippen LogP contribution in [0.1, 0.15) is 4.88 Å². The van der Waals surface area contributed by atoms with Crippen molar-refractivity contribution in [2.45, 2.75) is 6.92 Å². The van der Waals surface area contributed by atoms with E-state index in [2.05, 4.69) is 104 Å². The number of hydrogen-bond donors (Lipinski definition) is 0. The summed E-state index contributed by atoms with van der Waals surface area (Å²) in [5.41, 5.74) is 2.24. The molecule has 5 aromatic rings. The van der Waals surface area contributed by atoms with Crippen LogP contribution in [0.4, 0.5) is 4.39 Å². The molecule has 0 amide bonds. The molecule has 0 bridgehead atoms. The fraction of sp³-hybridized carbons (Fsp3) is 0.0345. The zero-order valence-corrected chi connectivity index (χ0v) is 19.6. The molecule has 0 radical (unpaired) electrons. The molecule has 3 heteroatoms. The summed E-state index contributed by atoms with van der Waals surface area (Å²) >= 11 is 1.87. The molecule has 32 heavy (non-hydrogen) atoms. The first-order valence-electron chi connectivity index (χ1n) is 10.7. The van der Waals surface area contributed by atoms with Gasteiger partial charge in [0.25, 0.3) is 0 Å². The van der Waals surface area contributed by atoms with Gasteiger partial charge < -0.3 is 0 Å². The molecule has 5 rings (SSSR count). The summed E-state index contributed by atoms with van der Waals surface area (Å²) in [6.07, 6.45) is 0. The second kappa shape index (κ2) is 8.82. The second-order valence-electron chi connectivity index (χ2n) is 7.94. The molecule has 158 valence electrons. The summed E-state index contributed by atoms with van der Waals surface area (Å²) in [7, 11) is -2.51. The van der Waals surface area contributed by atoms with Gasteiger partial charge in [-0.25, -0.2) is 0 Å². The third-order valence-corrected chi connectivity index (χ3v) is 12.6. The molecular weight excluding hydrogens is 430 g/mol. The predicted molar refractivity (Wildman–Crippen MR) is 141 cm³/mol. The van der Waals surface area contributed by atoms with Crippen LogP contribution in [0.5, 0.6) is 0 Å². The summed E-state index contributed by atoms with van der Waals surface area (Å²) in [5.74, 6) is -0.205. The molecule has 0 N–H and O–H groups in total. The molecule has 0 nitrogen and oxygen atoms in total. The Morgan fingerprint density at radius 3 is 1.47 bits per heavy atom. The van der Waals surface area contributed by atoms with Gasteiger partial charge in [0.05, 0.1) is 0 Å². The maximum atomic E-state index is 13.6. The van der Waals surface area contributed by atoms with E-state index in [1.165, 1.54) is 31.0 Å². The van der Waals surface area contributed by atoms with Gasteiger partial charge in [0, 0.05) is 0 Å². The Morgan fingerprint density at radius 1 is 0.594 bits per heavy atom. The maximum absolute atomic E-state index is 13.6. The minimum absolute atomic E-state index is 0.205. The fourth-order valence-corrected chi connectivity index (χ4v) is 11.8. The van der Waals surface area contributed by atoms with E-state index < -0.39 is 7.26 Å².